The molecule has 2 aromatic rings. The lowest BCUT2D eigenvalue weighted by Crippen LogP contribution is -2.38. The van der Waals surface area contributed by atoms with Crippen LogP contribution in [0, 0.1) is 6.92 Å². The number of rotatable bonds is 7. The van der Waals surface area contributed by atoms with Crippen LogP contribution in [0.25, 0.3) is 0 Å². The van der Waals surface area contributed by atoms with Crippen molar-refractivity contribution in [1.29, 1.82) is 0 Å². The summed E-state index contributed by atoms with van der Waals surface area (Å²) in [6.07, 6.45) is 0.341. The van der Waals surface area contributed by atoms with Gasteiger partial charge < -0.3 is 19.9 Å². The molecule has 2 rings (SSSR count). The van der Waals surface area contributed by atoms with Crippen molar-refractivity contribution in [3.05, 3.63) is 41.5 Å². The molecule has 3 N–H and O–H groups in total. The molecule has 0 radical (unpaired) electrons. The SMILES string of the molecule is CCNC(=NCc1noc(C)n1)NCCc1ccc(NC(=O)OC(C)(C)C)cc1. The van der Waals surface area contributed by atoms with Gasteiger partial charge in [-0.1, -0.05) is 17.3 Å². The quantitative estimate of drug-likeness (QED) is 0.482. The van der Waals surface area contributed by atoms with E-state index in [0.717, 1.165) is 18.5 Å². The third kappa shape index (κ3) is 8.63. The Morgan fingerprint density at radius 3 is 2.52 bits per heavy atom. The lowest BCUT2D eigenvalue weighted by atomic mass is 10.1. The zero-order chi connectivity index (χ0) is 21.3. The highest BCUT2D eigenvalue weighted by atomic mass is 16.6. The van der Waals surface area contributed by atoms with Gasteiger partial charge in [0.2, 0.25) is 5.89 Å². The maximum Gasteiger partial charge on any atom is 0.412 e. The van der Waals surface area contributed by atoms with Gasteiger partial charge in [0, 0.05) is 25.7 Å². The third-order valence-electron chi connectivity index (χ3n) is 3.60. The number of anilines is 1. The summed E-state index contributed by atoms with van der Waals surface area (Å²) in [5.41, 5.74) is 1.31. The minimum absolute atomic E-state index is 0.345. The van der Waals surface area contributed by atoms with Crippen molar-refractivity contribution in [2.24, 2.45) is 4.99 Å². The number of hydrogen-bond donors (Lipinski definition) is 3. The number of ether oxygens (including phenoxy) is 1. The molecule has 0 unspecified atom stereocenters. The fourth-order valence-corrected chi connectivity index (χ4v) is 2.40. The van der Waals surface area contributed by atoms with Crippen LogP contribution in [0.4, 0.5) is 10.5 Å². The van der Waals surface area contributed by atoms with E-state index in [1.54, 1.807) is 6.92 Å². The topological polar surface area (TPSA) is 114 Å². The third-order valence-corrected chi connectivity index (χ3v) is 3.60. The van der Waals surface area contributed by atoms with Crippen LogP contribution in [0.5, 0.6) is 0 Å². The van der Waals surface area contributed by atoms with Crippen molar-refractivity contribution in [1.82, 2.24) is 20.8 Å². The molecule has 0 saturated carbocycles. The summed E-state index contributed by atoms with van der Waals surface area (Å²) in [4.78, 5) is 20.4. The molecule has 0 saturated heterocycles. The molecule has 0 aliphatic carbocycles. The van der Waals surface area contributed by atoms with Gasteiger partial charge in [-0.15, -0.1) is 0 Å². The summed E-state index contributed by atoms with van der Waals surface area (Å²) in [5.74, 6) is 1.77. The van der Waals surface area contributed by atoms with Gasteiger partial charge in [-0.25, -0.2) is 9.79 Å². The highest BCUT2D eigenvalue weighted by Crippen LogP contribution is 2.13. The molecule has 1 amide bonds. The van der Waals surface area contributed by atoms with Gasteiger partial charge in [0.05, 0.1) is 0 Å². The molecule has 9 heteroatoms. The van der Waals surface area contributed by atoms with Gasteiger partial charge >= 0.3 is 6.09 Å². The van der Waals surface area contributed by atoms with E-state index >= 15 is 0 Å². The Hall–Kier alpha value is -3.10. The molecule has 0 aliphatic heterocycles. The average Bonchev–Trinajstić information content (AvgIpc) is 3.05. The molecule has 0 bridgehead atoms. The predicted octanol–water partition coefficient (Wildman–Crippen LogP) is 3.02. The highest BCUT2D eigenvalue weighted by Gasteiger charge is 2.16. The summed E-state index contributed by atoms with van der Waals surface area (Å²) in [6.45, 7) is 11.0. The van der Waals surface area contributed by atoms with Gasteiger partial charge in [0.25, 0.3) is 0 Å². The lowest BCUT2D eigenvalue weighted by molar-refractivity contribution is 0.0636. The Morgan fingerprint density at radius 1 is 1.21 bits per heavy atom. The van der Waals surface area contributed by atoms with Crippen LogP contribution in [-0.2, 0) is 17.7 Å². The number of benzene rings is 1. The van der Waals surface area contributed by atoms with Gasteiger partial charge in [0.15, 0.2) is 11.8 Å². The molecule has 0 spiro atoms. The van der Waals surface area contributed by atoms with Crippen LogP contribution in [0.1, 0.15) is 45.0 Å². The van der Waals surface area contributed by atoms with Gasteiger partial charge in [0.1, 0.15) is 12.1 Å². The maximum absolute atomic E-state index is 11.8. The average molecular weight is 402 g/mol. The van der Waals surface area contributed by atoms with E-state index in [2.05, 4.69) is 31.1 Å². The number of guanidine groups is 1. The second kappa shape index (κ2) is 10.4. The van der Waals surface area contributed by atoms with Gasteiger partial charge in [-0.2, -0.15) is 4.98 Å². The van der Waals surface area contributed by atoms with E-state index in [-0.39, 0.29) is 0 Å². The number of amides is 1. The molecule has 1 aromatic heterocycles. The molecule has 0 fully saturated rings. The summed E-state index contributed by atoms with van der Waals surface area (Å²) in [5, 5.41) is 13.0. The molecule has 158 valence electrons. The molecular formula is C20H30N6O3. The monoisotopic (exact) mass is 402 g/mol. The predicted molar refractivity (Wildman–Crippen MR) is 112 cm³/mol. The number of aliphatic imine (C=N–C) groups is 1. The minimum Gasteiger partial charge on any atom is -0.444 e. The number of aromatic nitrogens is 2. The van der Waals surface area contributed by atoms with Crippen molar-refractivity contribution in [2.45, 2.75) is 53.2 Å². The number of nitrogens with one attached hydrogen (secondary N) is 3. The first-order valence-electron chi connectivity index (χ1n) is 9.65. The van der Waals surface area contributed by atoms with E-state index in [0.29, 0.717) is 36.5 Å². The first-order valence-corrected chi connectivity index (χ1v) is 9.65. The molecule has 1 heterocycles. The highest BCUT2D eigenvalue weighted by molar-refractivity contribution is 5.84. The molecule has 0 aliphatic rings. The fraction of sp³-hybridized carbons (Fsp3) is 0.500. The number of carbonyl (C=O) groups excluding carboxylic acids is 1. The second-order valence-electron chi connectivity index (χ2n) is 7.43. The Labute approximate surface area is 171 Å². The van der Waals surface area contributed by atoms with Crippen molar-refractivity contribution >= 4 is 17.7 Å². The Morgan fingerprint density at radius 2 is 1.93 bits per heavy atom. The van der Waals surface area contributed by atoms with E-state index < -0.39 is 11.7 Å². The standard InChI is InChI=1S/C20H30N6O3/c1-6-21-18(23-13-17-24-14(2)29-26-17)22-12-11-15-7-9-16(10-8-15)25-19(27)28-20(3,4)5/h7-10H,6,11-13H2,1-5H3,(H,25,27)(H2,21,22,23). The van der Waals surface area contributed by atoms with Crippen LogP contribution in [-0.4, -0.2) is 40.9 Å². The van der Waals surface area contributed by atoms with Crippen molar-refractivity contribution < 1.29 is 14.1 Å². The van der Waals surface area contributed by atoms with E-state index in [1.165, 1.54) is 0 Å². The molecule has 0 atom stereocenters. The van der Waals surface area contributed by atoms with Crippen LogP contribution < -0.4 is 16.0 Å². The number of hydrogen-bond acceptors (Lipinski definition) is 6. The van der Waals surface area contributed by atoms with E-state index in [4.69, 9.17) is 9.26 Å². The number of aryl methyl sites for hydroxylation is 1. The Bertz CT molecular complexity index is 808. The van der Waals surface area contributed by atoms with Crippen molar-refractivity contribution in [2.75, 3.05) is 18.4 Å². The largest absolute Gasteiger partial charge is 0.444 e. The van der Waals surface area contributed by atoms with Gasteiger partial charge in [-0.05, 0) is 51.8 Å². The summed E-state index contributed by atoms with van der Waals surface area (Å²) in [7, 11) is 0. The lowest BCUT2D eigenvalue weighted by Gasteiger charge is -2.19. The molecular weight excluding hydrogens is 372 g/mol. The first-order chi connectivity index (χ1) is 13.7. The Kier molecular flexibility index (Phi) is 7.99. The van der Waals surface area contributed by atoms with Crippen LogP contribution in [0.3, 0.4) is 0 Å². The van der Waals surface area contributed by atoms with E-state index in [1.807, 2.05) is 52.0 Å². The van der Waals surface area contributed by atoms with Crippen molar-refractivity contribution in [3.63, 3.8) is 0 Å². The molecule has 29 heavy (non-hydrogen) atoms. The van der Waals surface area contributed by atoms with Gasteiger partial charge in [-0.3, -0.25) is 5.32 Å². The summed E-state index contributed by atoms with van der Waals surface area (Å²) >= 11 is 0. The maximum atomic E-state index is 11.8. The van der Waals surface area contributed by atoms with Crippen LogP contribution >= 0.6 is 0 Å². The molecule has 9 nitrogen and oxygen atoms in total. The minimum atomic E-state index is -0.524. The van der Waals surface area contributed by atoms with Crippen molar-refractivity contribution in [3.8, 4) is 0 Å². The fourth-order valence-electron chi connectivity index (χ4n) is 2.40. The first kappa shape index (κ1) is 22.2. The van der Waals surface area contributed by atoms with Crippen LogP contribution in [0.15, 0.2) is 33.8 Å². The summed E-state index contributed by atoms with van der Waals surface area (Å²) in [6, 6.07) is 7.66. The summed E-state index contributed by atoms with van der Waals surface area (Å²) < 4.78 is 10.2. The second-order valence-corrected chi connectivity index (χ2v) is 7.43. The number of carbonyl (C=O) groups is 1. The normalized spacial score (nSPS) is 11.8. The zero-order valence-electron chi connectivity index (χ0n) is 17.7. The molecule has 1 aromatic carbocycles. The van der Waals surface area contributed by atoms with Crippen LogP contribution in [0.2, 0.25) is 0 Å². The number of nitrogens with zero attached hydrogens (tertiary/aromatic N) is 3. The Balaban J connectivity index is 1.81. The van der Waals surface area contributed by atoms with E-state index in [9.17, 15) is 4.79 Å². The smallest absolute Gasteiger partial charge is 0.412 e. The zero-order valence-corrected chi connectivity index (χ0v) is 17.7.